The molecule has 0 aromatic carbocycles. The molecule has 0 fully saturated rings. The van der Waals surface area contributed by atoms with Crippen LogP contribution in [0.15, 0.2) is 0 Å². The Balaban J connectivity index is 2.09. The van der Waals surface area contributed by atoms with E-state index in [1.165, 1.54) is 12.8 Å². The third-order valence-electron chi connectivity index (χ3n) is 3.01. The van der Waals surface area contributed by atoms with E-state index in [9.17, 15) is 0 Å². The molecule has 1 aromatic heterocycles. The Morgan fingerprint density at radius 3 is 3.00 bits per heavy atom. The normalized spacial score (nSPS) is 20.1. The Morgan fingerprint density at radius 2 is 2.31 bits per heavy atom. The van der Waals surface area contributed by atoms with Gasteiger partial charge in [-0.1, -0.05) is 20.8 Å². The van der Waals surface area contributed by atoms with Crippen LogP contribution in [0.4, 0.5) is 0 Å². The van der Waals surface area contributed by atoms with Gasteiger partial charge in [0.25, 0.3) is 0 Å². The Bertz CT molecular complexity index is 343. The van der Waals surface area contributed by atoms with Gasteiger partial charge in [0.2, 0.25) is 0 Å². The predicted octanol–water partition coefficient (Wildman–Crippen LogP) is 1.92. The summed E-state index contributed by atoms with van der Waals surface area (Å²) < 4.78 is 2.08. The van der Waals surface area contributed by atoms with E-state index in [4.69, 9.17) is 0 Å². The van der Waals surface area contributed by atoms with Crippen LogP contribution in [0.1, 0.15) is 51.3 Å². The minimum Gasteiger partial charge on any atom is -0.307 e. The Kier molecular flexibility index (Phi) is 3.59. The molecule has 1 aliphatic rings. The second-order valence-electron chi connectivity index (χ2n) is 4.96. The molecule has 1 atom stereocenters. The number of aromatic nitrogens is 3. The topological polar surface area (TPSA) is 42.7 Å². The average molecular weight is 222 g/mol. The van der Waals surface area contributed by atoms with Crippen LogP contribution in [0, 0.1) is 5.92 Å². The van der Waals surface area contributed by atoms with Crippen molar-refractivity contribution in [2.45, 2.75) is 52.6 Å². The highest BCUT2D eigenvalue weighted by atomic mass is 15.4. The number of nitrogens with zero attached hydrogens (tertiary/aromatic N) is 3. The molecule has 0 radical (unpaired) electrons. The Hall–Kier alpha value is -0.900. The van der Waals surface area contributed by atoms with Crippen LogP contribution in [-0.4, -0.2) is 21.3 Å². The van der Waals surface area contributed by atoms with E-state index in [0.29, 0.717) is 12.0 Å². The lowest BCUT2D eigenvalue weighted by Crippen LogP contribution is -2.31. The van der Waals surface area contributed by atoms with Crippen LogP contribution in [0.25, 0.3) is 0 Å². The maximum Gasteiger partial charge on any atom is 0.150 e. The quantitative estimate of drug-likeness (QED) is 0.846. The molecule has 16 heavy (non-hydrogen) atoms. The van der Waals surface area contributed by atoms with Crippen LogP contribution in [-0.2, 0) is 13.0 Å². The third-order valence-corrected chi connectivity index (χ3v) is 3.01. The highest BCUT2D eigenvalue weighted by Crippen LogP contribution is 2.23. The molecule has 0 aliphatic carbocycles. The largest absolute Gasteiger partial charge is 0.307 e. The fourth-order valence-corrected chi connectivity index (χ4v) is 2.12. The molecule has 0 saturated heterocycles. The van der Waals surface area contributed by atoms with Gasteiger partial charge in [-0.2, -0.15) is 5.10 Å². The number of hydrogen-bond acceptors (Lipinski definition) is 3. The first-order valence-electron chi connectivity index (χ1n) is 6.37. The molecule has 1 unspecified atom stereocenters. The van der Waals surface area contributed by atoms with Gasteiger partial charge in [-0.15, -0.1) is 0 Å². The van der Waals surface area contributed by atoms with Crippen LogP contribution in [0.2, 0.25) is 0 Å². The van der Waals surface area contributed by atoms with Gasteiger partial charge in [0.05, 0.1) is 6.04 Å². The standard InChI is InChI=1S/C12H22N4/c1-4-11-14-12-10(13-8-9(2)3)6-5-7-16(12)15-11/h9-10,13H,4-8H2,1-3H3. The minimum absolute atomic E-state index is 0.406. The van der Waals surface area contributed by atoms with Gasteiger partial charge in [0.1, 0.15) is 5.82 Å². The Morgan fingerprint density at radius 1 is 1.50 bits per heavy atom. The number of hydrogen-bond donors (Lipinski definition) is 1. The van der Waals surface area contributed by atoms with Gasteiger partial charge in [-0.25, -0.2) is 9.67 Å². The van der Waals surface area contributed by atoms with Crippen LogP contribution in [0.5, 0.6) is 0 Å². The predicted molar refractivity (Wildman–Crippen MR) is 64.2 cm³/mol. The third kappa shape index (κ3) is 2.43. The summed E-state index contributed by atoms with van der Waals surface area (Å²) in [6.45, 7) is 8.66. The van der Waals surface area contributed by atoms with Crippen molar-refractivity contribution in [2.24, 2.45) is 5.92 Å². The first-order valence-corrected chi connectivity index (χ1v) is 6.37. The summed E-state index contributed by atoms with van der Waals surface area (Å²) in [7, 11) is 0. The van der Waals surface area contributed by atoms with Crippen molar-refractivity contribution in [2.75, 3.05) is 6.54 Å². The summed E-state index contributed by atoms with van der Waals surface area (Å²) in [4.78, 5) is 4.62. The molecule has 90 valence electrons. The highest BCUT2D eigenvalue weighted by Gasteiger charge is 2.23. The van der Waals surface area contributed by atoms with Crippen molar-refractivity contribution in [1.82, 2.24) is 20.1 Å². The number of nitrogens with one attached hydrogen (secondary N) is 1. The zero-order valence-corrected chi connectivity index (χ0v) is 10.5. The molecule has 1 N–H and O–H groups in total. The van der Waals surface area contributed by atoms with E-state index >= 15 is 0 Å². The van der Waals surface area contributed by atoms with Crippen LogP contribution < -0.4 is 5.32 Å². The summed E-state index contributed by atoms with van der Waals surface area (Å²) in [5.41, 5.74) is 0. The Labute approximate surface area is 97.5 Å². The summed E-state index contributed by atoms with van der Waals surface area (Å²) >= 11 is 0. The van der Waals surface area contributed by atoms with Crippen molar-refractivity contribution < 1.29 is 0 Å². The molecular formula is C12H22N4. The molecule has 0 saturated carbocycles. The summed E-state index contributed by atoms with van der Waals surface area (Å²) in [5, 5.41) is 8.10. The molecule has 0 amide bonds. The lowest BCUT2D eigenvalue weighted by molar-refractivity contribution is 0.354. The van der Waals surface area contributed by atoms with Crippen molar-refractivity contribution in [1.29, 1.82) is 0 Å². The van der Waals surface area contributed by atoms with Gasteiger partial charge in [0.15, 0.2) is 5.82 Å². The van der Waals surface area contributed by atoms with E-state index in [0.717, 1.165) is 31.2 Å². The second-order valence-corrected chi connectivity index (χ2v) is 4.96. The maximum absolute atomic E-state index is 4.62. The van der Waals surface area contributed by atoms with Crippen molar-refractivity contribution >= 4 is 0 Å². The second kappa shape index (κ2) is 4.95. The summed E-state index contributed by atoms with van der Waals surface area (Å²) in [6, 6.07) is 0.406. The molecule has 4 heteroatoms. The number of rotatable bonds is 4. The van der Waals surface area contributed by atoms with E-state index in [-0.39, 0.29) is 0 Å². The van der Waals surface area contributed by atoms with Gasteiger partial charge in [0, 0.05) is 13.0 Å². The van der Waals surface area contributed by atoms with Crippen molar-refractivity contribution in [3.63, 3.8) is 0 Å². The van der Waals surface area contributed by atoms with Crippen LogP contribution in [0.3, 0.4) is 0 Å². The van der Waals surface area contributed by atoms with Crippen LogP contribution >= 0.6 is 0 Å². The molecule has 2 rings (SSSR count). The van der Waals surface area contributed by atoms with E-state index in [1.54, 1.807) is 0 Å². The summed E-state index contributed by atoms with van der Waals surface area (Å²) in [6.07, 6.45) is 3.32. The first-order chi connectivity index (χ1) is 7.70. The summed E-state index contributed by atoms with van der Waals surface area (Å²) in [5.74, 6) is 2.81. The fourth-order valence-electron chi connectivity index (χ4n) is 2.12. The van der Waals surface area contributed by atoms with Gasteiger partial charge >= 0.3 is 0 Å². The number of aryl methyl sites for hydroxylation is 2. The minimum atomic E-state index is 0.406. The molecule has 2 heterocycles. The highest BCUT2D eigenvalue weighted by molar-refractivity contribution is 5.02. The maximum atomic E-state index is 4.62. The van der Waals surface area contributed by atoms with E-state index < -0.39 is 0 Å². The van der Waals surface area contributed by atoms with Gasteiger partial charge in [-0.3, -0.25) is 0 Å². The fraction of sp³-hybridized carbons (Fsp3) is 0.833. The zero-order valence-electron chi connectivity index (χ0n) is 10.5. The first kappa shape index (κ1) is 11.6. The van der Waals surface area contributed by atoms with Crippen molar-refractivity contribution in [3.8, 4) is 0 Å². The monoisotopic (exact) mass is 222 g/mol. The van der Waals surface area contributed by atoms with Gasteiger partial charge in [-0.05, 0) is 25.3 Å². The number of fused-ring (bicyclic) bond motifs is 1. The van der Waals surface area contributed by atoms with Gasteiger partial charge < -0.3 is 5.32 Å². The average Bonchev–Trinajstić information content (AvgIpc) is 2.69. The molecule has 0 spiro atoms. The van der Waals surface area contributed by atoms with E-state index in [1.807, 2.05) is 0 Å². The SMILES string of the molecule is CCc1nc2n(n1)CCCC2NCC(C)C. The van der Waals surface area contributed by atoms with E-state index in [2.05, 4.69) is 40.9 Å². The molecule has 1 aromatic rings. The molecule has 4 nitrogen and oxygen atoms in total. The molecule has 0 bridgehead atoms. The lowest BCUT2D eigenvalue weighted by atomic mass is 10.1. The zero-order chi connectivity index (χ0) is 11.5. The molecule has 1 aliphatic heterocycles. The van der Waals surface area contributed by atoms with Crippen molar-refractivity contribution in [3.05, 3.63) is 11.6 Å². The smallest absolute Gasteiger partial charge is 0.150 e. The molecular weight excluding hydrogens is 200 g/mol. The lowest BCUT2D eigenvalue weighted by Gasteiger charge is -2.23.